The summed E-state index contributed by atoms with van der Waals surface area (Å²) in [7, 11) is 0. The van der Waals surface area contributed by atoms with Gasteiger partial charge in [-0.2, -0.15) is 0 Å². The Morgan fingerprint density at radius 3 is 1.39 bits per heavy atom. The van der Waals surface area contributed by atoms with Crippen LogP contribution in [0.1, 0.15) is 118 Å². The number of hydrogen-bond acceptors (Lipinski definition) is 3. The molecule has 0 aromatic carbocycles. The molecule has 2 N–H and O–H groups in total. The monoisotopic (exact) mass is 399 g/mol. The van der Waals surface area contributed by atoms with Crippen molar-refractivity contribution in [2.75, 3.05) is 13.1 Å². The summed E-state index contributed by atoms with van der Waals surface area (Å²) < 4.78 is 0. The fraction of sp³-hybridized carbons (Fsp3) is 0.958. The van der Waals surface area contributed by atoms with Gasteiger partial charge in [0.25, 0.3) is 0 Å². The molecular weight excluding hydrogens is 350 g/mol. The number of carbonyl (C=O) groups excluding carboxylic acids is 1. The van der Waals surface area contributed by atoms with Crippen molar-refractivity contribution in [2.45, 2.75) is 130 Å². The van der Waals surface area contributed by atoms with Crippen LogP contribution in [0.2, 0.25) is 0 Å². The van der Waals surface area contributed by atoms with Crippen LogP contribution in [0.3, 0.4) is 0 Å². The number of aliphatic hydroxyl groups is 2. The highest BCUT2D eigenvalue weighted by atomic mass is 16.3. The van der Waals surface area contributed by atoms with Gasteiger partial charge in [-0.3, -0.25) is 4.79 Å². The second kappa shape index (κ2) is 18.4. The molecule has 0 rings (SSSR count). The van der Waals surface area contributed by atoms with Crippen molar-refractivity contribution in [1.29, 1.82) is 0 Å². The van der Waals surface area contributed by atoms with Gasteiger partial charge in [-0.25, -0.2) is 0 Å². The van der Waals surface area contributed by atoms with Crippen molar-refractivity contribution in [3.05, 3.63) is 0 Å². The average Bonchev–Trinajstić information content (AvgIpc) is 2.63. The molecular formula is C24H49NO3. The molecule has 0 fully saturated rings. The molecule has 3 atom stereocenters. The summed E-state index contributed by atoms with van der Waals surface area (Å²) in [6.07, 6.45) is 15.6. The predicted molar refractivity (Wildman–Crippen MR) is 119 cm³/mol. The molecule has 0 heterocycles. The first-order valence-electron chi connectivity index (χ1n) is 12.1. The molecule has 0 aliphatic heterocycles. The van der Waals surface area contributed by atoms with Gasteiger partial charge in [-0.1, -0.05) is 90.9 Å². The summed E-state index contributed by atoms with van der Waals surface area (Å²) in [5, 5.41) is 19.6. The third-order valence-corrected chi connectivity index (χ3v) is 5.44. The van der Waals surface area contributed by atoms with E-state index in [-0.39, 0.29) is 11.8 Å². The van der Waals surface area contributed by atoms with Gasteiger partial charge in [0, 0.05) is 19.0 Å². The third kappa shape index (κ3) is 15.3. The maximum absolute atomic E-state index is 13.1. The topological polar surface area (TPSA) is 60.8 Å². The van der Waals surface area contributed by atoms with E-state index >= 15 is 0 Å². The van der Waals surface area contributed by atoms with Gasteiger partial charge < -0.3 is 15.1 Å². The molecule has 0 saturated heterocycles. The minimum absolute atomic E-state index is 0.0368. The largest absolute Gasteiger partial charge is 0.392 e. The van der Waals surface area contributed by atoms with Gasteiger partial charge in [0.2, 0.25) is 5.91 Å². The van der Waals surface area contributed by atoms with Gasteiger partial charge >= 0.3 is 0 Å². The van der Waals surface area contributed by atoms with E-state index in [2.05, 4.69) is 13.8 Å². The molecule has 0 radical (unpaired) electrons. The normalized spacial score (nSPS) is 14.6. The van der Waals surface area contributed by atoms with Crippen LogP contribution in [0.5, 0.6) is 0 Å². The highest BCUT2D eigenvalue weighted by Gasteiger charge is 2.25. The fourth-order valence-corrected chi connectivity index (χ4v) is 3.88. The highest BCUT2D eigenvalue weighted by Crippen LogP contribution is 2.22. The summed E-state index contributed by atoms with van der Waals surface area (Å²) in [4.78, 5) is 14.8. The zero-order chi connectivity index (χ0) is 21.2. The van der Waals surface area contributed by atoms with Crippen LogP contribution in [-0.2, 0) is 4.79 Å². The first-order chi connectivity index (χ1) is 13.4. The van der Waals surface area contributed by atoms with Crippen LogP contribution in [0.25, 0.3) is 0 Å². The number of unbranched alkanes of at least 4 members (excludes halogenated alkanes) is 10. The van der Waals surface area contributed by atoms with Crippen LogP contribution in [0.15, 0.2) is 0 Å². The predicted octanol–water partition coefficient (Wildman–Crippen LogP) is 5.69. The Morgan fingerprint density at radius 2 is 1.04 bits per heavy atom. The lowest BCUT2D eigenvalue weighted by Crippen LogP contribution is -2.43. The molecule has 0 aliphatic rings. The van der Waals surface area contributed by atoms with Crippen LogP contribution in [-0.4, -0.2) is 46.3 Å². The maximum atomic E-state index is 13.1. The lowest BCUT2D eigenvalue weighted by Gasteiger charge is -2.29. The molecule has 0 spiro atoms. The van der Waals surface area contributed by atoms with E-state index in [0.29, 0.717) is 13.1 Å². The van der Waals surface area contributed by atoms with Crippen molar-refractivity contribution in [3.63, 3.8) is 0 Å². The standard InChI is InChI=1S/C24H49NO3/c1-5-7-9-11-12-14-16-18-23(17-15-13-10-8-6-2)24(28)25(19-21(3)26)20-22(4)27/h21-23,26-27H,5-20H2,1-4H3. The van der Waals surface area contributed by atoms with Gasteiger partial charge in [-0.05, 0) is 26.7 Å². The zero-order valence-corrected chi connectivity index (χ0v) is 19.3. The van der Waals surface area contributed by atoms with Crippen molar-refractivity contribution in [2.24, 2.45) is 5.92 Å². The molecule has 0 saturated carbocycles. The van der Waals surface area contributed by atoms with Crippen LogP contribution >= 0.6 is 0 Å². The van der Waals surface area contributed by atoms with Crippen LogP contribution in [0.4, 0.5) is 0 Å². The van der Waals surface area contributed by atoms with Gasteiger partial charge in [-0.15, -0.1) is 0 Å². The summed E-state index contributed by atoms with van der Waals surface area (Å²) >= 11 is 0. The van der Waals surface area contributed by atoms with Crippen LogP contribution < -0.4 is 0 Å². The number of amides is 1. The minimum Gasteiger partial charge on any atom is -0.392 e. The van der Waals surface area contributed by atoms with E-state index in [1.165, 1.54) is 64.2 Å². The number of hydrogen-bond donors (Lipinski definition) is 2. The van der Waals surface area contributed by atoms with Gasteiger partial charge in [0.1, 0.15) is 0 Å². The Bertz CT molecular complexity index is 348. The third-order valence-electron chi connectivity index (χ3n) is 5.44. The Morgan fingerprint density at radius 1 is 0.679 bits per heavy atom. The average molecular weight is 400 g/mol. The van der Waals surface area contributed by atoms with E-state index in [4.69, 9.17) is 0 Å². The van der Waals surface area contributed by atoms with Crippen molar-refractivity contribution < 1.29 is 15.0 Å². The molecule has 0 aromatic rings. The second-order valence-corrected chi connectivity index (χ2v) is 8.75. The SMILES string of the molecule is CCCCCCCCCC(CCCCCCC)C(=O)N(CC(C)O)CC(C)O. The highest BCUT2D eigenvalue weighted by molar-refractivity contribution is 5.78. The van der Waals surface area contributed by atoms with Crippen molar-refractivity contribution in [1.82, 2.24) is 4.90 Å². The molecule has 1 amide bonds. The van der Waals surface area contributed by atoms with E-state index in [1.54, 1.807) is 18.7 Å². The Kier molecular flexibility index (Phi) is 18.0. The molecule has 168 valence electrons. The minimum atomic E-state index is -0.563. The summed E-state index contributed by atoms with van der Waals surface area (Å²) in [6.45, 7) is 8.50. The number of aliphatic hydroxyl groups excluding tert-OH is 2. The summed E-state index contributed by atoms with van der Waals surface area (Å²) in [6, 6.07) is 0. The fourth-order valence-electron chi connectivity index (χ4n) is 3.88. The summed E-state index contributed by atoms with van der Waals surface area (Å²) in [5.41, 5.74) is 0. The van der Waals surface area contributed by atoms with Crippen molar-refractivity contribution in [3.8, 4) is 0 Å². The number of nitrogens with zero attached hydrogens (tertiary/aromatic N) is 1. The Balaban J connectivity index is 4.61. The van der Waals surface area contributed by atoms with Crippen LogP contribution in [0, 0.1) is 5.92 Å². The molecule has 0 aromatic heterocycles. The van der Waals surface area contributed by atoms with E-state index < -0.39 is 12.2 Å². The molecule has 4 heteroatoms. The zero-order valence-electron chi connectivity index (χ0n) is 19.3. The quantitative estimate of drug-likeness (QED) is 0.274. The molecule has 3 unspecified atom stereocenters. The van der Waals surface area contributed by atoms with Gasteiger partial charge in [0.15, 0.2) is 0 Å². The molecule has 4 nitrogen and oxygen atoms in total. The Hall–Kier alpha value is -0.610. The lowest BCUT2D eigenvalue weighted by atomic mass is 9.92. The van der Waals surface area contributed by atoms with Crippen molar-refractivity contribution >= 4 is 5.91 Å². The van der Waals surface area contributed by atoms with E-state index in [9.17, 15) is 15.0 Å². The first kappa shape index (κ1) is 27.4. The van der Waals surface area contributed by atoms with E-state index in [0.717, 1.165) is 25.7 Å². The molecule has 0 bridgehead atoms. The van der Waals surface area contributed by atoms with E-state index in [1.807, 2.05) is 0 Å². The second-order valence-electron chi connectivity index (χ2n) is 8.75. The number of carbonyl (C=O) groups is 1. The van der Waals surface area contributed by atoms with Gasteiger partial charge in [0.05, 0.1) is 12.2 Å². The smallest absolute Gasteiger partial charge is 0.225 e. The maximum Gasteiger partial charge on any atom is 0.225 e. The molecule has 28 heavy (non-hydrogen) atoms. The molecule has 0 aliphatic carbocycles. The summed E-state index contributed by atoms with van der Waals surface area (Å²) in [5.74, 6) is 0.165. The Labute approximate surface area is 175 Å². The lowest BCUT2D eigenvalue weighted by molar-refractivity contribution is -0.138. The number of rotatable bonds is 19. The first-order valence-corrected chi connectivity index (χ1v) is 12.1.